The molecule has 0 unspecified atom stereocenters. The zero-order valence-corrected chi connectivity index (χ0v) is 24.8. The van der Waals surface area contributed by atoms with Crippen LogP contribution in [0.5, 0.6) is 0 Å². The molecule has 204 valence electrons. The minimum Gasteiger partial charge on any atom is -0.478 e. The molecule has 0 saturated carbocycles. The van der Waals surface area contributed by atoms with Crippen LogP contribution < -0.4 is 5.32 Å². The van der Waals surface area contributed by atoms with Gasteiger partial charge in [0.05, 0.1) is 17.7 Å². The number of ether oxygens (including phenoxy) is 1. The molecule has 0 aliphatic carbocycles. The monoisotopic (exact) mass is 527 g/mol. The lowest BCUT2D eigenvalue weighted by Crippen LogP contribution is -2.48. The van der Waals surface area contributed by atoms with Gasteiger partial charge in [-0.2, -0.15) is 0 Å². The fourth-order valence-corrected chi connectivity index (χ4v) is 5.07. The molecule has 0 spiro atoms. The minimum absolute atomic E-state index is 0.0125. The Balaban J connectivity index is 2.24. The molecule has 0 heterocycles. The Morgan fingerprint density at radius 2 is 1.51 bits per heavy atom. The van der Waals surface area contributed by atoms with Crippen LogP contribution in [-0.4, -0.2) is 37.1 Å². The van der Waals surface area contributed by atoms with Gasteiger partial charge in [-0.15, -0.1) is 0 Å². The Morgan fingerprint density at radius 3 is 2.03 bits per heavy atom. The van der Waals surface area contributed by atoms with E-state index in [1.54, 1.807) is 12.1 Å². The Kier molecular flexibility index (Phi) is 10.5. The summed E-state index contributed by atoms with van der Waals surface area (Å²) < 4.78 is 12.6. The number of carboxylic acids is 1. The summed E-state index contributed by atoms with van der Waals surface area (Å²) in [5, 5.41) is 12.3. The SMILES string of the molecule is CC(C)(C)OC(=O)N[C@H](CCCCc1ccc(C(=O)O)cc1)[C@H](O[Si](C)(C)C(C)(C)C)c1ccccc1. The van der Waals surface area contributed by atoms with Crippen molar-refractivity contribution in [2.45, 2.75) is 103 Å². The third kappa shape index (κ3) is 9.97. The Labute approximate surface area is 223 Å². The van der Waals surface area contributed by atoms with Crippen LogP contribution >= 0.6 is 0 Å². The molecule has 2 N–H and O–H groups in total. The van der Waals surface area contributed by atoms with Gasteiger partial charge in [0, 0.05) is 0 Å². The highest BCUT2D eigenvalue weighted by Crippen LogP contribution is 2.41. The maximum Gasteiger partial charge on any atom is 0.407 e. The largest absolute Gasteiger partial charge is 0.478 e. The van der Waals surface area contributed by atoms with Crippen molar-refractivity contribution in [3.05, 3.63) is 71.3 Å². The third-order valence-electron chi connectivity index (χ3n) is 6.85. The second-order valence-electron chi connectivity index (χ2n) is 12.2. The molecule has 0 aliphatic heterocycles. The summed E-state index contributed by atoms with van der Waals surface area (Å²) in [6, 6.07) is 16.9. The van der Waals surface area contributed by atoms with Crippen LogP contribution in [-0.2, 0) is 15.6 Å². The molecule has 2 rings (SSSR count). The highest BCUT2D eigenvalue weighted by molar-refractivity contribution is 6.74. The first-order chi connectivity index (χ1) is 17.1. The van der Waals surface area contributed by atoms with Gasteiger partial charge in [0.1, 0.15) is 5.60 Å². The lowest BCUT2D eigenvalue weighted by Gasteiger charge is -2.42. The van der Waals surface area contributed by atoms with E-state index in [-0.39, 0.29) is 17.2 Å². The van der Waals surface area contributed by atoms with Crippen LogP contribution in [0.2, 0.25) is 18.1 Å². The van der Waals surface area contributed by atoms with Crippen LogP contribution in [0.3, 0.4) is 0 Å². The van der Waals surface area contributed by atoms with Crippen LogP contribution in [0.25, 0.3) is 0 Å². The summed E-state index contributed by atoms with van der Waals surface area (Å²) in [5.41, 5.74) is 1.83. The fraction of sp³-hybridized carbons (Fsp3) is 0.533. The predicted octanol–water partition coefficient (Wildman–Crippen LogP) is 7.75. The summed E-state index contributed by atoms with van der Waals surface area (Å²) in [7, 11) is -2.17. The number of hydrogen-bond donors (Lipinski definition) is 2. The van der Waals surface area contributed by atoms with Crippen molar-refractivity contribution in [2.24, 2.45) is 0 Å². The molecule has 2 aromatic rings. The highest BCUT2D eigenvalue weighted by Gasteiger charge is 2.41. The van der Waals surface area contributed by atoms with Crippen molar-refractivity contribution >= 4 is 20.4 Å². The number of unbranched alkanes of at least 4 members (excludes halogenated alkanes) is 1. The molecule has 1 amide bonds. The van der Waals surface area contributed by atoms with Crippen molar-refractivity contribution in [1.29, 1.82) is 0 Å². The van der Waals surface area contributed by atoms with E-state index in [4.69, 9.17) is 14.3 Å². The van der Waals surface area contributed by atoms with Crippen molar-refractivity contribution < 1.29 is 23.9 Å². The summed E-state index contributed by atoms with van der Waals surface area (Å²) in [5.74, 6) is -0.920. The van der Waals surface area contributed by atoms with Crippen molar-refractivity contribution in [3.8, 4) is 0 Å². The average Bonchev–Trinajstić information content (AvgIpc) is 2.78. The first kappa shape index (κ1) is 30.6. The second-order valence-corrected chi connectivity index (χ2v) is 17.0. The van der Waals surface area contributed by atoms with Gasteiger partial charge in [-0.1, -0.05) is 69.7 Å². The smallest absolute Gasteiger partial charge is 0.407 e. The Bertz CT molecular complexity index is 1010. The molecule has 2 aromatic carbocycles. The van der Waals surface area contributed by atoms with E-state index in [1.807, 2.05) is 51.1 Å². The van der Waals surface area contributed by atoms with Gasteiger partial charge in [-0.05, 0) is 81.4 Å². The quantitative estimate of drug-likeness (QED) is 0.230. The number of carboxylic acid groups (broad SMARTS) is 1. The van der Waals surface area contributed by atoms with E-state index in [9.17, 15) is 9.59 Å². The van der Waals surface area contributed by atoms with Crippen LogP contribution in [0, 0.1) is 0 Å². The third-order valence-corrected chi connectivity index (χ3v) is 11.3. The van der Waals surface area contributed by atoms with Crippen molar-refractivity contribution in [2.75, 3.05) is 0 Å². The van der Waals surface area contributed by atoms with E-state index in [2.05, 4.69) is 51.3 Å². The molecule has 0 aliphatic rings. The first-order valence-electron chi connectivity index (χ1n) is 13.1. The summed E-state index contributed by atoms with van der Waals surface area (Å²) >= 11 is 0. The number of aromatic carboxylic acids is 1. The van der Waals surface area contributed by atoms with Crippen LogP contribution in [0.1, 0.15) is 88.4 Å². The van der Waals surface area contributed by atoms with Gasteiger partial charge in [0.2, 0.25) is 0 Å². The molecule has 6 nitrogen and oxygen atoms in total. The average molecular weight is 528 g/mol. The summed E-state index contributed by atoms with van der Waals surface area (Å²) in [6.45, 7) is 16.7. The summed E-state index contributed by atoms with van der Waals surface area (Å²) in [6.07, 6.45) is 2.58. The maximum absolute atomic E-state index is 12.9. The number of amides is 1. The zero-order chi connectivity index (χ0) is 27.9. The van der Waals surface area contributed by atoms with Crippen LogP contribution in [0.4, 0.5) is 4.79 Å². The fourth-order valence-electron chi connectivity index (χ4n) is 3.78. The number of hydrogen-bond acceptors (Lipinski definition) is 4. The number of carbonyl (C=O) groups excluding carboxylic acids is 1. The number of carbonyl (C=O) groups is 2. The van der Waals surface area contributed by atoms with Gasteiger partial charge in [0.25, 0.3) is 0 Å². The predicted molar refractivity (Wildman–Crippen MR) is 152 cm³/mol. The topological polar surface area (TPSA) is 84.9 Å². The van der Waals surface area contributed by atoms with Gasteiger partial charge in [-0.25, -0.2) is 9.59 Å². The maximum atomic E-state index is 12.9. The van der Waals surface area contributed by atoms with E-state index < -0.39 is 26.0 Å². The van der Waals surface area contributed by atoms with E-state index in [0.717, 1.165) is 36.8 Å². The van der Waals surface area contributed by atoms with Gasteiger partial charge in [0.15, 0.2) is 8.32 Å². The Hall–Kier alpha value is -2.64. The molecule has 0 saturated heterocycles. The molecular weight excluding hydrogens is 482 g/mol. The second kappa shape index (κ2) is 12.7. The van der Waals surface area contributed by atoms with Gasteiger partial charge in [-0.3, -0.25) is 0 Å². The highest BCUT2D eigenvalue weighted by atomic mass is 28.4. The normalized spacial score (nSPS) is 14.1. The van der Waals surface area contributed by atoms with Crippen molar-refractivity contribution in [1.82, 2.24) is 5.32 Å². The molecule has 0 fully saturated rings. The lowest BCUT2D eigenvalue weighted by molar-refractivity contribution is 0.0423. The molecule has 0 bridgehead atoms. The minimum atomic E-state index is -2.17. The number of aryl methyl sites for hydroxylation is 1. The molecule has 0 aromatic heterocycles. The number of nitrogens with one attached hydrogen (secondary N) is 1. The number of rotatable bonds is 11. The molecular formula is C30H45NO5Si. The van der Waals surface area contributed by atoms with E-state index in [1.165, 1.54) is 0 Å². The standard InChI is InChI=1S/C30H45NO5Si/c1-29(2,3)35-28(34)31-25(17-13-12-14-22-18-20-24(21-19-22)27(32)33)26(23-15-10-9-11-16-23)36-37(7,8)30(4,5)6/h9-11,15-16,18-21,25-26H,12-14,17H2,1-8H3,(H,31,34)(H,32,33)/t25-,26-/m1/s1. The molecule has 37 heavy (non-hydrogen) atoms. The van der Waals surface area contributed by atoms with Gasteiger partial charge >= 0.3 is 12.1 Å². The van der Waals surface area contributed by atoms with Crippen LogP contribution in [0.15, 0.2) is 54.6 Å². The van der Waals surface area contributed by atoms with Crippen molar-refractivity contribution in [3.63, 3.8) is 0 Å². The summed E-state index contributed by atoms with van der Waals surface area (Å²) in [4.78, 5) is 24.0. The number of alkyl carbamates (subject to hydrolysis) is 1. The molecule has 2 atom stereocenters. The van der Waals surface area contributed by atoms with E-state index >= 15 is 0 Å². The van der Waals surface area contributed by atoms with Gasteiger partial charge < -0.3 is 19.6 Å². The first-order valence-corrected chi connectivity index (χ1v) is 16.0. The molecule has 7 heteroatoms. The molecule has 0 radical (unpaired) electrons. The lowest BCUT2D eigenvalue weighted by atomic mass is 9.96. The van der Waals surface area contributed by atoms with E-state index in [0.29, 0.717) is 5.56 Å². The zero-order valence-electron chi connectivity index (χ0n) is 23.8. The number of benzene rings is 2. The Morgan fingerprint density at radius 1 is 0.919 bits per heavy atom.